The third kappa shape index (κ3) is 6.39. The highest BCUT2D eigenvalue weighted by Gasteiger charge is 2.06. The molecule has 0 saturated carbocycles. The van der Waals surface area contributed by atoms with Crippen molar-refractivity contribution in [2.75, 3.05) is 5.32 Å². The second kappa shape index (κ2) is 8.79. The zero-order valence-electron chi connectivity index (χ0n) is 12.2. The minimum absolute atomic E-state index is 0.0655. The van der Waals surface area contributed by atoms with Crippen LogP contribution in [0.3, 0.4) is 0 Å². The molecule has 23 heavy (non-hydrogen) atoms. The molecule has 1 heterocycles. The fourth-order valence-corrected chi connectivity index (χ4v) is 1.93. The number of amides is 2. The number of halogens is 1. The molecule has 6 nitrogen and oxygen atoms in total. The number of pyridine rings is 1. The van der Waals surface area contributed by atoms with Crippen LogP contribution in [-0.2, 0) is 9.59 Å². The fraction of sp³-hybridized carbons (Fsp3) is 0.125. The normalized spacial score (nSPS) is 10.5. The summed E-state index contributed by atoms with van der Waals surface area (Å²) in [4.78, 5) is 27.2. The van der Waals surface area contributed by atoms with Gasteiger partial charge < -0.3 is 5.32 Å². The summed E-state index contributed by atoms with van der Waals surface area (Å²) in [6.45, 7) is 0. The average molecular weight is 375 g/mol. The Hall–Kier alpha value is -2.54. The van der Waals surface area contributed by atoms with Crippen LogP contribution in [0.15, 0.2) is 58.4 Å². The molecule has 0 aliphatic heterocycles. The highest BCUT2D eigenvalue weighted by molar-refractivity contribution is 9.10. The number of hydrazone groups is 1. The van der Waals surface area contributed by atoms with Gasteiger partial charge in [0, 0.05) is 35.4 Å². The second-order valence-electron chi connectivity index (χ2n) is 4.63. The highest BCUT2D eigenvalue weighted by atomic mass is 79.9. The monoisotopic (exact) mass is 374 g/mol. The van der Waals surface area contributed by atoms with E-state index in [1.807, 2.05) is 12.1 Å². The van der Waals surface area contributed by atoms with Crippen molar-refractivity contribution in [2.45, 2.75) is 12.8 Å². The van der Waals surface area contributed by atoms with Crippen LogP contribution in [-0.4, -0.2) is 23.0 Å². The number of anilines is 1. The summed E-state index contributed by atoms with van der Waals surface area (Å²) in [6, 6.07) is 10.7. The Kier molecular flexibility index (Phi) is 6.43. The quantitative estimate of drug-likeness (QED) is 0.602. The number of hydrogen-bond donors (Lipinski definition) is 2. The molecule has 0 aliphatic rings. The van der Waals surface area contributed by atoms with Gasteiger partial charge in [0.1, 0.15) is 0 Å². The molecule has 2 amide bonds. The fourth-order valence-electron chi connectivity index (χ4n) is 1.67. The largest absolute Gasteiger partial charge is 0.326 e. The molecule has 1 aromatic heterocycles. The summed E-state index contributed by atoms with van der Waals surface area (Å²) in [5.41, 5.74) is 3.90. The number of aromatic nitrogens is 1. The minimum atomic E-state index is -0.318. The molecular formula is C16H15BrN4O2. The van der Waals surface area contributed by atoms with Crippen molar-refractivity contribution in [1.29, 1.82) is 0 Å². The minimum Gasteiger partial charge on any atom is -0.326 e. The van der Waals surface area contributed by atoms with Crippen molar-refractivity contribution in [2.24, 2.45) is 5.10 Å². The highest BCUT2D eigenvalue weighted by Crippen LogP contribution is 2.14. The molecule has 2 aromatic rings. The number of rotatable bonds is 6. The predicted octanol–water partition coefficient (Wildman–Crippen LogP) is 2.71. The van der Waals surface area contributed by atoms with Gasteiger partial charge >= 0.3 is 0 Å². The Balaban J connectivity index is 1.70. The molecule has 0 spiro atoms. The van der Waals surface area contributed by atoms with Crippen LogP contribution in [0.1, 0.15) is 18.4 Å². The first-order chi connectivity index (χ1) is 11.1. The van der Waals surface area contributed by atoms with Gasteiger partial charge in [0.25, 0.3) is 0 Å². The molecule has 2 rings (SSSR count). The SMILES string of the molecule is O=C(CCC(=O)Nc1ccc(Br)cc1)N/N=C/c1ccncc1. The molecule has 2 N–H and O–H groups in total. The molecule has 0 unspecified atom stereocenters. The zero-order valence-corrected chi connectivity index (χ0v) is 13.8. The van der Waals surface area contributed by atoms with Crippen molar-refractivity contribution >= 4 is 39.6 Å². The third-order valence-electron chi connectivity index (χ3n) is 2.82. The average Bonchev–Trinajstić information content (AvgIpc) is 2.56. The van der Waals surface area contributed by atoms with Crippen molar-refractivity contribution in [1.82, 2.24) is 10.4 Å². The van der Waals surface area contributed by atoms with E-state index in [0.29, 0.717) is 5.69 Å². The Bertz CT molecular complexity index is 687. The van der Waals surface area contributed by atoms with E-state index in [1.54, 1.807) is 36.7 Å². The lowest BCUT2D eigenvalue weighted by Crippen LogP contribution is -2.20. The van der Waals surface area contributed by atoms with E-state index in [2.05, 4.69) is 36.8 Å². The van der Waals surface area contributed by atoms with Crippen molar-refractivity contribution in [3.05, 3.63) is 58.8 Å². The predicted molar refractivity (Wildman–Crippen MR) is 92.0 cm³/mol. The lowest BCUT2D eigenvalue weighted by Gasteiger charge is -2.04. The van der Waals surface area contributed by atoms with Crippen LogP contribution >= 0.6 is 15.9 Å². The molecule has 0 fully saturated rings. The van der Waals surface area contributed by atoms with Crippen molar-refractivity contribution in [3.63, 3.8) is 0 Å². The van der Waals surface area contributed by atoms with Gasteiger partial charge in [0.2, 0.25) is 11.8 Å². The second-order valence-corrected chi connectivity index (χ2v) is 5.54. The first-order valence-electron chi connectivity index (χ1n) is 6.91. The number of carbonyl (C=O) groups excluding carboxylic acids is 2. The molecule has 0 radical (unpaired) electrons. The van der Waals surface area contributed by atoms with Gasteiger partial charge in [-0.2, -0.15) is 5.10 Å². The van der Waals surface area contributed by atoms with Gasteiger partial charge in [-0.05, 0) is 42.0 Å². The Labute approximate surface area is 142 Å². The first-order valence-corrected chi connectivity index (χ1v) is 7.70. The van der Waals surface area contributed by atoms with Gasteiger partial charge in [-0.15, -0.1) is 0 Å². The molecule has 0 saturated heterocycles. The number of benzene rings is 1. The maximum atomic E-state index is 11.7. The molecule has 118 valence electrons. The summed E-state index contributed by atoms with van der Waals surface area (Å²) >= 11 is 3.32. The lowest BCUT2D eigenvalue weighted by atomic mass is 10.2. The van der Waals surface area contributed by atoms with Crippen LogP contribution < -0.4 is 10.7 Å². The smallest absolute Gasteiger partial charge is 0.240 e. The Morgan fingerprint density at radius 2 is 1.70 bits per heavy atom. The van der Waals surface area contributed by atoms with Gasteiger partial charge in [0.15, 0.2) is 0 Å². The Morgan fingerprint density at radius 3 is 2.39 bits per heavy atom. The first kappa shape index (κ1) is 16.8. The van der Waals surface area contributed by atoms with E-state index in [4.69, 9.17) is 0 Å². The van der Waals surface area contributed by atoms with E-state index >= 15 is 0 Å². The zero-order chi connectivity index (χ0) is 16.5. The third-order valence-corrected chi connectivity index (χ3v) is 3.34. The van der Waals surface area contributed by atoms with E-state index in [-0.39, 0.29) is 24.7 Å². The Morgan fingerprint density at radius 1 is 1.04 bits per heavy atom. The maximum absolute atomic E-state index is 11.7. The molecule has 7 heteroatoms. The molecule has 0 bridgehead atoms. The summed E-state index contributed by atoms with van der Waals surface area (Å²) in [6.07, 6.45) is 4.94. The van der Waals surface area contributed by atoms with Crippen LogP contribution in [0, 0.1) is 0 Å². The number of hydrogen-bond acceptors (Lipinski definition) is 4. The molecule has 0 atom stereocenters. The van der Waals surface area contributed by atoms with Crippen molar-refractivity contribution in [3.8, 4) is 0 Å². The number of nitrogens with one attached hydrogen (secondary N) is 2. The number of nitrogens with zero attached hydrogens (tertiary/aromatic N) is 2. The van der Waals surface area contributed by atoms with Crippen LogP contribution in [0.25, 0.3) is 0 Å². The van der Waals surface area contributed by atoms with Crippen LogP contribution in [0.2, 0.25) is 0 Å². The molecule has 1 aromatic carbocycles. The van der Waals surface area contributed by atoms with Gasteiger partial charge in [-0.1, -0.05) is 15.9 Å². The van der Waals surface area contributed by atoms with Gasteiger partial charge in [-0.3, -0.25) is 14.6 Å². The van der Waals surface area contributed by atoms with Gasteiger partial charge in [-0.25, -0.2) is 5.43 Å². The summed E-state index contributed by atoms with van der Waals surface area (Å²) in [7, 11) is 0. The number of carbonyl (C=O) groups is 2. The summed E-state index contributed by atoms with van der Waals surface area (Å²) < 4.78 is 0.932. The van der Waals surface area contributed by atoms with Gasteiger partial charge in [0.05, 0.1) is 6.21 Å². The van der Waals surface area contributed by atoms with E-state index in [0.717, 1.165) is 10.0 Å². The van der Waals surface area contributed by atoms with E-state index in [9.17, 15) is 9.59 Å². The lowest BCUT2D eigenvalue weighted by molar-refractivity contribution is -0.124. The standard InChI is InChI=1S/C16H15BrN4O2/c17-13-1-3-14(4-2-13)20-15(22)5-6-16(23)21-19-11-12-7-9-18-10-8-12/h1-4,7-11H,5-6H2,(H,20,22)(H,21,23)/b19-11+. The summed E-state index contributed by atoms with van der Waals surface area (Å²) in [5, 5.41) is 6.55. The van der Waals surface area contributed by atoms with E-state index in [1.165, 1.54) is 6.21 Å². The molecular weight excluding hydrogens is 360 g/mol. The van der Waals surface area contributed by atoms with Crippen molar-refractivity contribution < 1.29 is 9.59 Å². The summed E-state index contributed by atoms with van der Waals surface area (Å²) in [5.74, 6) is -0.540. The topological polar surface area (TPSA) is 83.5 Å². The molecule has 0 aliphatic carbocycles. The van der Waals surface area contributed by atoms with Crippen LogP contribution in [0.5, 0.6) is 0 Å². The maximum Gasteiger partial charge on any atom is 0.240 e. The van der Waals surface area contributed by atoms with Crippen LogP contribution in [0.4, 0.5) is 5.69 Å². The van der Waals surface area contributed by atoms with E-state index < -0.39 is 0 Å².